The van der Waals surface area contributed by atoms with E-state index in [1.54, 1.807) is 11.8 Å². The smallest absolute Gasteiger partial charge is 0.233 e. The van der Waals surface area contributed by atoms with Crippen LogP contribution >= 0.6 is 11.8 Å². The maximum Gasteiger partial charge on any atom is 0.233 e. The lowest BCUT2D eigenvalue weighted by molar-refractivity contribution is 0.305. The highest BCUT2D eigenvalue weighted by Crippen LogP contribution is 2.30. The summed E-state index contributed by atoms with van der Waals surface area (Å²) in [7, 11) is 0. The molecule has 1 N–H and O–H groups in total. The maximum atomic E-state index is 5.46. The second-order valence-electron chi connectivity index (χ2n) is 5.56. The molecule has 1 aromatic carbocycles. The Morgan fingerprint density at radius 1 is 1.40 bits per heavy atom. The summed E-state index contributed by atoms with van der Waals surface area (Å²) in [4.78, 5) is 5.84. The van der Waals surface area contributed by atoms with Crippen LogP contribution in [-0.2, 0) is 11.2 Å². The molecule has 0 radical (unpaired) electrons. The average Bonchev–Trinajstić information content (AvgIpc) is 3.08. The first kappa shape index (κ1) is 13.6. The van der Waals surface area contributed by atoms with E-state index in [1.807, 2.05) is 0 Å². The summed E-state index contributed by atoms with van der Waals surface area (Å²) >= 11 is 1.75. The third kappa shape index (κ3) is 2.74. The summed E-state index contributed by atoms with van der Waals surface area (Å²) in [6.07, 6.45) is 1.06. The molecule has 0 saturated carbocycles. The van der Waals surface area contributed by atoms with Crippen LogP contribution in [0.2, 0.25) is 0 Å². The third-order valence-electron chi connectivity index (χ3n) is 3.80. The van der Waals surface area contributed by atoms with Crippen molar-refractivity contribution in [2.45, 2.75) is 36.3 Å². The van der Waals surface area contributed by atoms with Gasteiger partial charge in [0.05, 0.1) is 11.2 Å². The van der Waals surface area contributed by atoms with Gasteiger partial charge in [-0.1, -0.05) is 23.4 Å². The minimum atomic E-state index is -0.00141. The van der Waals surface area contributed by atoms with Gasteiger partial charge >= 0.3 is 0 Å². The van der Waals surface area contributed by atoms with Crippen LogP contribution in [0.3, 0.4) is 0 Å². The molecule has 106 valence electrons. The number of aryl methyl sites for hydroxylation is 1. The SMILES string of the molecule is Cc1ccccc1SCc1noc(C2(C)CCNC2)n1. The summed E-state index contributed by atoms with van der Waals surface area (Å²) in [6, 6.07) is 8.36. The van der Waals surface area contributed by atoms with Gasteiger partial charge in [0.1, 0.15) is 0 Å². The zero-order valence-corrected chi connectivity index (χ0v) is 12.7. The van der Waals surface area contributed by atoms with Crippen molar-refractivity contribution >= 4 is 11.8 Å². The Hall–Kier alpha value is -1.33. The molecule has 1 fully saturated rings. The number of thioether (sulfide) groups is 1. The average molecular weight is 289 g/mol. The summed E-state index contributed by atoms with van der Waals surface area (Å²) in [6.45, 7) is 6.24. The quantitative estimate of drug-likeness (QED) is 0.877. The predicted molar refractivity (Wildman–Crippen MR) is 79.9 cm³/mol. The van der Waals surface area contributed by atoms with Crippen LogP contribution in [0.5, 0.6) is 0 Å². The van der Waals surface area contributed by atoms with Gasteiger partial charge in [-0.3, -0.25) is 0 Å². The zero-order chi connectivity index (χ0) is 14.0. The highest BCUT2D eigenvalue weighted by atomic mass is 32.2. The largest absolute Gasteiger partial charge is 0.339 e. The highest BCUT2D eigenvalue weighted by molar-refractivity contribution is 7.98. The van der Waals surface area contributed by atoms with E-state index < -0.39 is 0 Å². The molecule has 1 aliphatic rings. The van der Waals surface area contributed by atoms with E-state index in [2.05, 4.69) is 53.6 Å². The molecule has 1 aromatic heterocycles. The molecule has 0 aliphatic carbocycles. The molecule has 0 spiro atoms. The van der Waals surface area contributed by atoms with Gasteiger partial charge in [-0.15, -0.1) is 11.8 Å². The predicted octanol–water partition coefficient (Wildman–Crippen LogP) is 2.92. The minimum absolute atomic E-state index is 0.00141. The number of hydrogen-bond acceptors (Lipinski definition) is 5. The van der Waals surface area contributed by atoms with Crippen LogP contribution < -0.4 is 5.32 Å². The summed E-state index contributed by atoms with van der Waals surface area (Å²) in [5.74, 6) is 2.29. The number of nitrogens with zero attached hydrogens (tertiary/aromatic N) is 2. The maximum absolute atomic E-state index is 5.46. The Morgan fingerprint density at radius 3 is 3.00 bits per heavy atom. The Bertz CT molecular complexity index is 590. The summed E-state index contributed by atoms with van der Waals surface area (Å²) in [5.41, 5.74) is 1.28. The standard InChI is InChI=1S/C15H19N3OS/c1-11-5-3-4-6-12(11)20-9-13-17-14(19-18-13)15(2)7-8-16-10-15/h3-6,16H,7-10H2,1-2H3. The molecule has 2 aromatic rings. The number of hydrogen-bond donors (Lipinski definition) is 1. The molecule has 1 atom stereocenters. The number of rotatable bonds is 4. The lowest BCUT2D eigenvalue weighted by Gasteiger charge is -2.15. The Balaban J connectivity index is 1.67. The number of aromatic nitrogens is 2. The van der Waals surface area contributed by atoms with E-state index in [-0.39, 0.29) is 5.41 Å². The fourth-order valence-corrected chi connectivity index (χ4v) is 3.29. The fraction of sp³-hybridized carbons (Fsp3) is 0.467. The summed E-state index contributed by atoms with van der Waals surface area (Å²) in [5, 5.41) is 7.47. The first-order valence-electron chi connectivity index (χ1n) is 6.90. The van der Waals surface area contributed by atoms with Gasteiger partial charge in [-0.25, -0.2) is 0 Å². The molecule has 20 heavy (non-hydrogen) atoms. The van der Waals surface area contributed by atoms with Crippen molar-refractivity contribution in [2.24, 2.45) is 0 Å². The Kier molecular flexibility index (Phi) is 3.81. The van der Waals surface area contributed by atoms with E-state index in [0.717, 1.165) is 37.0 Å². The summed E-state index contributed by atoms with van der Waals surface area (Å²) < 4.78 is 5.46. The van der Waals surface area contributed by atoms with Crippen LogP contribution in [-0.4, -0.2) is 23.2 Å². The van der Waals surface area contributed by atoms with Gasteiger partial charge in [0.2, 0.25) is 5.89 Å². The van der Waals surface area contributed by atoms with Gasteiger partial charge in [-0.2, -0.15) is 4.98 Å². The van der Waals surface area contributed by atoms with Crippen molar-refractivity contribution in [3.05, 3.63) is 41.5 Å². The van der Waals surface area contributed by atoms with Gasteiger partial charge < -0.3 is 9.84 Å². The van der Waals surface area contributed by atoms with Crippen molar-refractivity contribution < 1.29 is 4.52 Å². The number of benzene rings is 1. The first-order chi connectivity index (χ1) is 9.67. The molecule has 1 unspecified atom stereocenters. The van der Waals surface area contributed by atoms with E-state index in [1.165, 1.54) is 10.5 Å². The van der Waals surface area contributed by atoms with Crippen LogP contribution in [0.4, 0.5) is 0 Å². The topological polar surface area (TPSA) is 51.0 Å². The van der Waals surface area contributed by atoms with Gasteiger partial charge in [0.15, 0.2) is 5.82 Å². The Labute approximate surface area is 123 Å². The van der Waals surface area contributed by atoms with E-state index in [0.29, 0.717) is 0 Å². The van der Waals surface area contributed by atoms with E-state index >= 15 is 0 Å². The van der Waals surface area contributed by atoms with E-state index in [4.69, 9.17) is 4.52 Å². The molecule has 1 saturated heterocycles. The molecule has 0 bridgehead atoms. The molecule has 5 heteroatoms. The second kappa shape index (κ2) is 5.58. The first-order valence-corrected chi connectivity index (χ1v) is 7.88. The van der Waals surface area contributed by atoms with Gasteiger partial charge in [-0.05, 0) is 38.4 Å². The van der Waals surface area contributed by atoms with E-state index in [9.17, 15) is 0 Å². The zero-order valence-electron chi connectivity index (χ0n) is 11.8. The lowest BCUT2D eigenvalue weighted by Crippen LogP contribution is -2.25. The molecule has 4 nitrogen and oxygen atoms in total. The van der Waals surface area contributed by atoms with Crippen molar-refractivity contribution in [1.29, 1.82) is 0 Å². The molecule has 3 rings (SSSR count). The van der Waals surface area contributed by atoms with Crippen LogP contribution in [0, 0.1) is 6.92 Å². The van der Waals surface area contributed by atoms with Crippen molar-refractivity contribution in [1.82, 2.24) is 15.5 Å². The van der Waals surface area contributed by atoms with Crippen molar-refractivity contribution in [3.8, 4) is 0 Å². The third-order valence-corrected chi connectivity index (χ3v) is 4.98. The van der Waals surface area contributed by atoms with Crippen LogP contribution in [0.1, 0.15) is 30.6 Å². The van der Waals surface area contributed by atoms with Crippen LogP contribution in [0.25, 0.3) is 0 Å². The minimum Gasteiger partial charge on any atom is -0.339 e. The Morgan fingerprint density at radius 2 is 2.25 bits per heavy atom. The molecular weight excluding hydrogens is 270 g/mol. The fourth-order valence-electron chi connectivity index (χ4n) is 2.42. The number of nitrogens with one attached hydrogen (secondary N) is 1. The lowest BCUT2D eigenvalue weighted by atomic mass is 9.90. The van der Waals surface area contributed by atoms with Crippen molar-refractivity contribution in [2.75, 3.05) is 13.1 Å². The molecular formula is C15H19N3OS. The van der Waals surface area contributed by atoms with Gasteiger partial charge in [0, 0.05) is 11.4 Å². The molecule has 1 aliphatic heterocycles. The highest BCUT2D eigenvalue weighted by Gasteiger charge is 2.36. The monoisotopic (exact) mass is 289 g/mol. The second-order valence-corrected chi connectivity index (χ2v) is 6.57. The van der Waals surface area contributed by atoms with Crippen LogP contribution in [0.15, 0.2) is 33.7 Å². The molecule has 2 heterocycles. The van der Waals surface area contributed by atoms with Crippen molar-refractivity contribution in [3.63, 3.8) is 0 Å². The molecule has 0 amide bonds. The van der Waals surface area contributed by atoms with Gasteiger partial charge in [0.25, 0.3) is 0 Å². The normalized spacial score (nSPS) is 22.3.